The number of pyridine rings is 1. The quantitative estimate of drug-likeness (QED) is 0.869. The third kappa shape index (κ3) is 3.21. The van der Waals surface area contributed by atoms with Crippen LogP contribution in [0.15, 0.2) is 24.5 Å². The van der Waals surface area contributed by atoms with Crippen molar-refractivity contribution in [2.75, 3.05) is 13.1 Å². The van der Waals surface area contributed by atoms with Crippen LogP contribution in [0.3, 0.4) is 0 Å². The number of amides is 1. The van der Waals surface area contributed by atoms with Crippen LogP contribution in [0, 0.1) is 5.92 Å². The molecule has 6 heteroatoms. The van der Waals surface area contributed by atoms with Crippen LogP contribution < -0.4 is 4.74 Å². The maximum absolute atomic E-state index is 12.1. The number of carbonyl (C=O) groups is 2. The summed E-state index contributed by atoms with van der Waals surface area (Å²) in [6.07, 6.45) is 3.02. The second kappa shape index (κ2) is 5.69. The lowest BCUT2D eigenvalue weighted by Gasteiger charge is -2.21. The summed E-state index contributed by atoms with van der Waals surface area (Å²) in [5.74, 6) is -0.976. The van der Waals surface area contributed by atoms with E-state index in [1.165, 1.54) is 6.20 Å². The molecule has 6 nitrogen and oxygen atoms in total. The highest BCUT2D eigenvalue weighted by Crippen LogP contribution is 2.18. The Labute approximate surface area is 111 Å². The zero-order valence-electron chi connectivity index (χ0n) is 10.7. The Morgan fingerprint density at radius 3 is 2.95 bits per heavy atom. The minimum atomic E-state index is -0.851. The number of rotatable bonds is 4. The summed E-state index contributed by atoms with van der Waals surface area (Å²) in [6, 6.07) is 3.45. The van der Waals surface area contributed by atoms with Crippen molar-refractivity contribution in [1.82, 2.24) is 9.88 Å². The number of aliphatic carboxylic acids is 1. The van der Waals surface area contributed by atoms with E-state index in [4.69, 9.17) is 9.84 Å². The normalized spacial score (nSPS) is 20.1. The molecule has 0 aromatic carbocycles. The van der Waals surface area contributed by atoms with Gasteiger partial charge in [0.05, 0.1) is 12.1 Å². The Kier molecular flexibility index (Phi) is 3.99. The first kappa shape index (κ1) is 13.3. The van der Waals surface area contributed by atoms with Gasteiger partial charge in [-0.05, 0) is 25.5 Å². The van der Waals surface area contributed by atoms with Crippen molar-refractivity contribution in [2.45, 2.75) is 19.4 Å². The lowest BCUT2D eigenvalue weighted by molar-refractivity contribution is -0.142. The van der Waals surface area contributed by atoms with Crippen molar-refractivity contribution in [1.29, 1.82) is 0 Å². The fourth-order valence-electron chi connectivity index (χ4n) is 2.09. The van der Waals surface area contributed by atoms with Crippen LogP contribution >= 0.6 is 0 Å². The average Bonchev–Trinajstić information content (AvgIpc) is 2.88. The van der Waals surface area contributed by atoms with Crippen LogP contribution in [-0.4, -0.2) is 46.1 Å². The van der Waals surface area contributed by atoms with Crippen molar-refractivity contribution in [3.05, 3.63) is 24.5 Å². The lowest BCUT2D eigenvalue weighted by atomic mass is 10.1. The number of ether oxygens (including phenoxy) is 1. The van der Waals surface area contributed by atoms with Crippen molar-refractivity contribution in [3.8, 4) is 5.75 Å². The van der Waals surface area contributed by atoms with Crippen LogP contribution in [-0.2, 0) is 9.59 Å². The van der Waals surface area contributed by atoms with Gasteiger partial charge in [0.15, 0.2) is 6.10 Å². The Morgan fingerprint density at radius 1 is 1.58 bits per heavy atom. The monoisotopic (exact) mass is 264 g/mol. The Bertz CT molecular complexity index is 463. The van der Waals surface area contributed by atoms with E-state index in [9.17, 15) is 9.59 Å². The molecule has 1 aliphatic heterocycles. The Hall–Kier alpha value is -2.11. The highest BCUT2D eigenvalue weighted by molar-refractivity contribution is 5.82. The third-order valence-electron chi connectivity index (χ3n) is 3.14. The number of carboxylic acids is 1. The van der Waals surface area contributed by atoms with Crippen molar-refractivity contribution in [2.24, 2.45) is 5.92 Å². The van der Waals surface area contributed by atoms with Crippen molar-refractivity contribution >= 4 is 11.9 Å². The Morgan fingerprint density at radius 2 is 2.37 bits per heavy atom. The minimum absolute atomic E-state index is 0.187. The maximum atomic E-state index is 12.1. The maximum Gasteiger partial charge on any atom is 0.308 e. The van der Waals surface area contributed by atoms with Crippen LogP contribution in [0.4, 0.5) is 0 Å². The number of aromatic nitrogens is 1. The summed E-state index contributed by atoms with van der Waals surface area (Å²) in [6.45, 7) is 2.38. The number of hydrogen-bond donors (Lipinski definition) is 1. The molecule has 0 radical (unpaired) electrons. The summed E-state index contributed by atoms with van der Waals surface area (Å²) in [7, 11) is 0. The van der Waals surface area contributed by atoms with Crippen LogP contribution in [0.2, 0.25) is 0 Å². The molecule has 1 aromatic heterocycles. The average molecular weight is 264 g/mol. The third-order valence-corrected chi connectivity index (χ3v) is 3.14. The van der Waals surface area contributed by atoms with Crippen LogP contribution in [0.25, 0.3) is 0 Å². The van der Waals surface area contributed by atoms with Gasteiger partial charge >= 0.3 is 5.97 Å². The molecule has 0 spiro atoms. The molecule has 1 N–H and O–H groups in total. The van der Waals surface area contributed by atoms with Gasteiger partial charge in [-0.15, -0.1) is 0 Å². The molecular formula is C13H16N2O4. The number of nitrogens with zero attached hydrogens (tertiary/aromatic N) is 2. The number of carboxylic acid groups (broad SMARTS) is 1. The van der Waals surface area contributed by atoms with Gasteiger partial charge in [0, 0.05) is 19.3 Å². The largest absolute Gasteiger partial charge is 0.481 e. The molecule has 2 heterocycles. The zero-order chi connectivity index (χ0) is 13.8. The minimum Gasteiger partial charge on any atom is -0.481 e. The number of hydrogen-bond acceptors (Lipinski definition) is 4. The predicted octanol–water partition coefficient (Wildman–Crippen LogP) is 0.782. The van der Waals surface area contributed by atoms with E-state index in [1.54, 1.807) is 30.2 Å². The molecule has 0 aliphatic carbocycles. The van der Waals surface area contributed by atoms with Gasteiger partial charge in [0.2, 0.25) is 0 Å². The smallest absolute Gasteiger partial charge is 0.308 e. The highest BCUT2D eigenvalue weighted by Gasteiger charge is 2.33. The van der Waals surface area contributed by atoms with E-state index in [0.29, 0.717) is 18.7 Å². The van der Waals surface area contributed by atoms with E-state index in [2.05, 4.69) is 4.98 Å². The molecule has 102 valence electrons. The van der Waals surface area contributed by atoms with Gasteiger partial charge < -0.3 is 14.7 Å². The van der Waals surface area contributed by atoms with Crippen molar-refractivity contribution in [3.63, 3.8) is 0 Å². The molecule has 19 heavy (non-hydrogen) atoms. The second-order valence-electron chi connectivity index (χ2n) is 4.56. The molecule has 0 unspecified atom stereocenters. The van der Waals surface area contributed by atoms with E-state index < -0.39 is 18.0 Å². The van der Waals surface area contributed by atoms with Gasteiger partial charge in [-0.3, -0.25) is 14.6 Å². The SMILES string of the molecule is C[C@H](Oc1cccnc1)C(=O)N1CC[C@H](C(=O)O)C1. The summed E-state index contributed by atoms with van der Waals surface area (Å²) < 4.78 is 5.48. The van der Waals surface area contributed by atoms with E-state index in [1.807, 2.05) is 0 Å². The zero-order valence-corrected chi connectivity index (χ0v) is 10.7. The molecule has 1 aromatic rings. The molecule has 0 bridgehead atoms. The number of carbonyl (C=O) groups excluding carboxylic acids is 1. The van der Waals surface area contributed by atoms with Crippen LogP contribution in [0.5, 0.6) is 5.75 Å². The summed E-state index contributed by atoms with van der Waals surface area (Å²) >= 11 is 0. The second-order valence-corrected chi connectivity index (χ2v) is 4.56. The van der Waals surface area contributed by atoms with Gasteiger partial charge in [0.25, 0.3) is 5.91 Å². The predicted molar refractivity (Wildman–Crippen MR) is 66.6 cm³/mol. The first-order valence-electron chi connectivity index (χ1n) is 6.16. The molecular weight excluding hydrogens is 248 g/mol. The van der Waals surface area contributed by atoms with Gasteiger partial charge in [-0.1, -0.05) is 0 Å². The van der Waals surface area contributed by atoms with E-state index in [0.717, 1.165) is 0 Å². The molecule has 1 aliphatic rings. The summed E-state index contributed by atoms with van der Waals surface area (Å²) in [5, 5.41) is 8.91. The highest BCUT2D eigenvalue weighted by atomic mass is 16.5. The fourth-order valence-corrected chi connectivity index (χ4v) is 2.09. The van der Waals surface area contributed by atoms with E-state index >= 15 is 0 Å². The van der Waals surface area contributed by atoms with E-state index in [-0.39, 0.29) is 12.5 Å². The molecule has 1 saturated heterocycles. The van der Waals surface area contributed by atoms with Gasteiger partial charge in [-0.25, -0.2) is 0 Å². The lowest BCUT2D eigenvalue weighted by Crippen LogP contribution is -2.39. The van der Waals surface area contributed by atoms with Gasteiger partial charge in [-0.2, -0.15) is 0 Å². The molecule has 2 atom stereocenters. The van der Waals surface area contributed by atoms with Crippen molar-refractivity contribution < 1.29 is 19.4 Å². The fraction of sp³-hybridized carbons (Fsp3) is 0.462. The first-order valence-corrected chi connectivity index (χ1v) is 6.16. The molecule has 0 saturated carbocycles. The topological polar surface area (TPSA) is 79.7 Å². The summed E-state index contributed by atoms with van der Waals surface area (Å²) in [5.41, 5.74) is 0. The van der Waals surface area contributed by atoms with Crippen LogP contribution in [0.1, 0.15) is 13.3 Å². The molecule has 2 rings (SSSR count). The first-order chi connectivity index (χ1) is 9.08. The number of likely N-dealkylation sites (tertiary alicyclic amines) is 1. The van der Waals surface area contributed by atoms with Gasteiger partial charge in [0.1, 0.15) is 5.75 Å². The molecule has 1 amide bonds. The Balaban J connectivity index is 1.91. The standard InChI is InChI=1S/C13H16N2O4/c1-9(19-11-3-2-5-14-7-11)12(16)15-6-4-10(8-15)13(17)18/h2-3,5,7,9-10H,4,6,8H2,1H3,(H,17,18)/t9-,10-/m0/s1. The molecule has 1 fully saturated rings. The summed E-state index contributed by atoms with van der Waals surface area (Å²) in [4.78, 5) is 28.4.